The summed E-state index contributed by atoms with van der Waals surface area (Å²) in [5.74, 6) is 0.0510. The number of ether oxygens (including phenoxy) is 1. The molecular weight excluding hydrogens is 643 g/mol. The second kappa shape index (κ2) is 11.6. The molecule has 0 saturated carbocycles. The van der Waals surface area contributed by atoms with Crippen molar-refractivity contribution in [1.29, 1.82) is 0 Å². The molecular formula is C19H34N7O14P3. The lowest BCUT2D eigenvalue weighted by atomic mass is 9.78. The van der Waals surface area contributed by atoms with E-state index in [0.717, 1.165) is 6.33 Å². The SMILES string of the molecule is CC1(C)CCC(Nc2nc3c(N)ncnc3n2[C@@H]2O[C@H](COP(=O)(O)OP(=O)(O)OP(=O)(O)O)[C@@H](O)[C@H]2O)C(C)(C)N1O. The Balaban J connectivity index is 1.59. The maximum atomic E-state index is 12.2. The first-order valence-electron chi connectivity index (χ1n) is 12.6. The number of rotatable bonds is 10. The molecule has 244 valence electrons. The van der Waals surface area contributed by atoms with Crippen LogP contribution in [0.3, 0.4) is 0 Å². The number of fused-ring (bicyclic) bond motifs is 1. The molecule has 0 bridgehead atoms. The Morgan fingerprint density at radius 2 is 1.72 bits per heavy atom. The topological polar surface area (TPSA) is 315 Å². The maximum absolute atomic E-state index is 12.2. The number of hydrogen-bond donors (Lipinski definition) is 9. The van der Waals surface area contributed by atoms with Crippen LogP contribution in [-0.4, -0.2) is 102 Å². The van der Waals surface area contributed by atoms with Crippen LogP contribution in [-0.2, 0) is 31.6 Å². The highest BCUT2D eigenvalue weighted by Crippen LogP contribution is 2.66. The van der Waals surface area contributed by atoms with E-state index in [0.29, 0.717) is 12.8 Å². The van der Waals surface area contributed by atoms with Gasteiger partial charge in [-0.1, -0.05) is 0 Å². The van der Waals surface area contributed by atoms with Crippen LogP contribution in [0.25, 0.3) is 11.2 Å². The Hall–Kier alpha value is -1.64. The Labute approximate surface area is 244 Å². The van der Waals surface area contributed by atoms with Crippen molar-refractivity contribution < 1.29 is 66.6 Å². The number of imidazole rings is 1. The maximum Gasteiger partial charge on any atom is 0.490 e. The van der Waals surface area contributed by atoms with Crippen molar-refractivity contribution in [3.63, 3.8) is 0 Å². The van der Waals surface area contributed by atoms with Gasteiger partial charge in [0.2, 0.25) is 5.95 Å². The number of nitrogens with one attached hydrogen (secondary N) is 1. The van der Waals surface area contributed by atoms with Crippen LogP contribution in [0.1, 0.15) is 46.8 Å². The summed E-state index contributed by atoms with van der Waals surface area (Å²) in [5, 5.41) is 37.0. The normalized spacial score (nSPS) is 30.6. The van der Waals surface area contributed by atoms with Gasteiger partial charge in [0.1, 0.15) is 24.6 Å². The summed E-state index contributed by atoms with van der Waals surface area (Å²) < 4.78 is 53.5. The molecule has 2 aliphatic heterocycles. The number of hydrogen-bond acceptors (Lipinski definition) is 16. The summed E-state index contributed by atoms with van der Waals surface area (Å²) in [7, 11) is -16.9. The van der Waals surface area contributed by atoms with E-state index in [4.69, 9.17) is 20.3 Å². The van der Waals surface area contributed by atoms with Gasteiger partial charge in [-0.25, -0.2) is 28.6 Å². The van der Waals surface area contributed by atoms with Gasteiger partial charge in [0, 0.05) is 11.6 Å². The molecule has 2 aliphatic rings. The predicted octanol–water partition coefficient (Wildman–Crippen LogP) is 0.194. The highest BCUT2D eigenvalue weighted by atomic mass is 31.3. The monoisotopic (exact) mass is 677 g/mol. The van der Waals surface area contributed by atoms with Crippen molar-refractivity contribution in [2.45, 2.75) is 82.2 Å². The number of aromatic nitrogens is 4. The highest BCUT2D eigenvalue weighted by Gasteiger charge is 2.50. The highest BCUT2D eigenvalue weighted by molar-refractivity contribution is 7.66. The van der Waals surface area contributed by atoms with E-state index < -0.39 is 71.7 Å². The second-order valence-electron chi connectivity index (χ2n) is 11.2. The Kier molecular flexibility index (Phi) is 9.25. The van der Waals surface area contributed by atoms with Gasteiger partial charge in [0.15, 0.2) is 23.2 Å². The molecule has 24 heteroatoms. The van der Waals surface area contributed by atoms with Crippen molar-refractivity contribution in [2.24, 2.45) is 0 Å². The molecule has 2 aromatic heterocycles. The van der Waals surface area contributed by atoms with Crippen molar-refractivity contribution >= 4 is 46.4 Å². The second-order valence-corrected chi connectivity index (χ2v) is 15.6. The van der Waals surface area contributed by atoms with E-state index in [1.807, 2.05) is 27.7 Å². The lowest BCUT2D eigenvalue weighted by molar-refractivity contribution is -0.244. The summed E-state index contributed by atoms with van der Waals surface area (Å²) in [5.41, 5.74) is 4.84. The van der Waals surface area contributed by atoms with Crippen molar-refractivity contribution in [3.8, 4) is 0 Å². The Morgan fingerprint density at radius 1 is 1.07 bits per heavy atom. The smallest absolute Gasteiger partial charge is 0.387 e. The van der Waals surface area contributed by atoms with Crippen LogP contribution in [0, 0.1) is 0 Å². The lowest BCUT2D eigenvalue weighted by Crippen LogP contribution is -2.65. The molecule has 2 saturated heterocycles. The van der Waals surface area contributed by atoms with E-state index in [9.17, 15) is 38.9 Å². The molecule has 4 rings (SSSR count). The van der Waals surface area contributed by atoms with Gasteiger partial charge >= 0.3 is 23.5 Å². The van der Waals surface area contributed by atoms with Crippen LogP contribution in [0.2, 0.25) is 0 Å². The van der Waals surface area contributed by atoms with E-state index in [1.165, 1.54) is 9.63 Å². The van der Waals surface area contributed by atoms with Crippen molar-refractivity contribution in [3.05, 3.63) is 6.33 Å². The molecule has 7 atom stereocenters. The molecule has 0 aromatic carbocycles. The first kappa shape index (κ1) is 34.2. The van der Waals surface area contributed by atoms with Gasteiger partial charge in [-0.3, -0.25) is 9.09 Å². The van der Waals surface area contributed by atoms with Crippen LogP contribution in [0.5, 0.6) is 0 Å². The van der Waals surface area contributed by atoms with E-state index in [-0.39, 0.29) is 22.9 Å². The Morgan fingerprint density at radius 3 is 2.35 bits per heavy atom. The fourth-order valence-corrected chi connectivity index (χ4v) is 8.14. The van der Waals surface area contributed by atoms with Crippen LogP contribution in [0.15, 0.2) is 6.33 Å². The van der Waals surface area contributed by atoms with E-state index in [1.54, 1.807) is 0 Å². The van der Waals surface area contributed by atoms with Crippen LogP contribution in [0.4, 0.5) is 11.8 Å². The summed E-state index contributed by atoms with van der Waals surface area (Å²) in [6.07, 6.45) is -4.21. The minimum absolute atomic E-state index is 0.0168. The first-order valence-corrected chi connectivity index (χ1v) is 17.1. The van der Waals surface area contributed by atoms with Gasteiger partial charge in [-0.15, -0.1) is 0 Å². The molecule has 0 spiro atoms. The fourth-order valence-electron chi connectivity index (χ4n) is 5.11. The first-order chi connectivity index (χ1) is 19.5. The average Bonchev–Trinajstić information content (AvgIpc) is 3.34. The molecule has 10 N–H and O–H groups in total. The average molecular weight is 677 g/mol. The standard InChI is InChI=1S/C19H34N7O14P3/c1-18(2)6-5-10(19(3,4)26(18)29)23-17-24-11-14(20)21-8-22-15(11)25(17)16-13(28)12(27)9(38-16)7-37-42(33,34)40-43(35,36)39-41(30,31)32/h8-10,12-13,16,27-29H,5-7H2,1-4H3,(H,23,24)(H,33,34)(H,35,36)(H2,20,21,22)(H2,30,31,32)/t9-,10?,12-,13-,16-/m1/s1. The largest absolute Gasteiger partial charge is 0.490 e. The van der Waals surface area contributed by atoms with Gasteiger partial charge in [-0.05, 0) is 40.5 Å². The minimum Gasteiger partial charge on any atom is -0.387 e. The van der Waals surface area contributed by atoms with E-state index in [2.05, 4.69) is 33.4 Å². The van der Waals surface area contributed by atoms with Crippen molar-refractivity contribution in [1.82, 2.24) is 24.6 Å². The number of aliphatic hydroxyl groups is 2. The van der Waals surface area contributed by atoms with Gasteiger partial charge in [0.05, 0.1) is 12.1 Å². The van der Waals surface area contributed by atoms with Gasteiger partial charge < -0.3 is 50.8 Å². The minimum atomic E-state index is -5.78. The van der Waals surface area contributed by atoms with E-state index >= 15 is 0 Å². The number of nitrogen functional groups attached to an aromatic ring is 1. The molecule has 21 nitrogen and oxygen atoms in total. The number of hydroxylamine groups is 2. The molecule has 43 heavy (non-hydrogen) atoms. The summed E-state index contributed by atoms with van der Waals surface area (Å²) in [6, 6.07) is -0.417. The third-order valence-corrected chi connectivity index (χ3v) is 11.0. The molecule has 2 aromatic rings. The number of anilines is 2. The van der Waals surface area contributed by atoms with Gasteiger partial charge in [0.25, 0.3) is 0 Å². The number of nitrogens with zero attached hydrogens (tertiary/aromatic N) is 5. The zero-order chi connectivity index (χ0) is 32.3. The number of nitrogens with two attached hydrogens (primary N) is 1. The van der Waals surface area contributed by atoms with Crippen LogP contribution >= 0.6 is 23.5 Å². The lowest BCUT2D eigenvalue weighted by Gasteiger charge is -2.52. The molecule has 0 radical (unpaired) electrons. The zero-order valence-corrected chi connectivity index (χ0v) is 25.9. The van der Waals surface area contributed by atoms with Crippen molar-refractivity contribution in [2.75, 3.05) is 17.7 Å². The molecule has 2 fully saturated rings. The predicted molar refractivity (Wildman–Crippen MR) is 144 cm³/mol. The summed E-state index contributed by atoms with van der Waals surface area (Å²) in [6.45, 7) is 6.40. The summed E-state index contributed by atoms with van der Waals surface area (Å²) in [4.78, 5) is 49.0. The third-order valence-electron chi connectivity index (χ3n) is 7.24. The molecule has 0 amide bonds. The fraction of sp³-hybridized carbons (Fsp3) is 0.737. The Bertz CT molecular complexity index is 1500. The molecule has 0 aliphatic carbocycles. The summed E-state index contributed by atoms with van der Waals surface area (Å²) >= 11 is 0. The number of phosphoric acid groups is 3. The van der Waals surface area contributed by atoms with Gasteiger partial charge in [-0.2, -0.15) is 13.7 Å². The van der Waals surface area contributed by atoms with Crippen LogP contribution < -0.4 is 11.1 Å². The number of aliphatic hydroxyl groups excluding tert-OH is 2. The molecule has 4 heterocycles. The third kappa shape index (κ3) is 7.27. The molecule has 3 unspecified atom stereocenters. The quantitative estimate of drug-likeness (QED) is 0.152. The number of piperidine rings is 1. The number of phosphoric ester groups is 1. The zero-order valence-electron chi connectivity index (χ0n) is 23.2.